The molecule has 0 aliphatic heterocycles. The summed E-state index contributed by atoms with van der Waals surface area (Å²) in [6.45, 7) is -0.235. The fourth-order valence-electron chi connectivity index (χ4n) is 4.42. The second kappa shape index (κ2) is 15.7. The fourth-order valence-corrected chi connectivity index (χ4v) is 5.48. The van der Waals surface area contributed by atoms with Crippen LogP contribution in [0.1, 0.15) is 23.6 Å². The Morgan fingerprint density at radius 1 is 0.889 bits per heavy atom. The van der Waals surface area contributed by atoms with Gasteiger partial charge < -0.3 is 24.8 Å². The van der Waals surface area contributed by atoms with Gasteiger partial charge in [0, 0.05) is 25.4 Å². The number of aliphatic hydroxyl groups is 1. The monoisotopic (exact) mass is 635 g/mol. The summed E-state index contributed by atoms with van der Waals surface area (Å²) in [5, 5.41) is 12.0. The number of carbonyl (C=O) groups excluding carboxylic acids is 2. The van der Waals surface area contributed by atoms with Gasteiger partial charge >= 0.3 is 0 Å². The van der Waals surface area contributed by atoms with Crippen LogP contribution in [0.4, 0.5) is 10.1 Å². The highest BCUT2D eigenvalue weighted by Crippen LogP contribution is 2.26. The van der Waals surface area contributed by atoms with Crippen LogP contribution in [-0.2, 0) is 26.2 Å². The number of amides is 2. The summed E-state index contributed by atoms with van der Waals surface area (Å²) in [5.41, 5.74) is 1.54. The molecule has 0 saturated heterocycles. The topological polar surface area (TPSA) is 134 Å². The van der Waals surface area contributed by atoms with Crippen molar-refractivity contribution < 1.29 is 37.0 Å². The van der Waals surface area contributed by atoms with Crippen LogP contribution < -0.4 is 19.5 Å². The SMILES string of the molecule is COc1ccc(CN(C(=O)COc2ccc(S(=O)(=O)Nc3ccc(F)cc3)cc2)C(C(=O)NCCCO)c2ccccc2)cc1. The van der Waals surface area contributed by atoms with Gasteiger partial charge in [0.2, 0.25) is 5.91 Å². The smallest absolute Gasteiger partial charge is 0.261 e. The van der Waals surface area contributed by atoms with Gasteiger partial charge in [-0.05, 0) is 78.2 Å². The first-order valence-electron chi connectivity index (χ1n) is 14.1. The van der Waals surface area contributed by atoms with Crippen LogP contribution in [0, 0.1) is 5.82 Å². The number of nitrogens with zero attached hydrogens (tertiary/aromatic N) is 1. The number of nitrogens with one attached hydrogen (secondary N) is 2. The zero-order chi connectivity index (χ0) is 32.2. The summed E-state index contributed by atoms with van der Waals surface area (Å²) >= 11 is 0. The number of hydrogen-bond donors (Lipinski definition) is 3. The highest BCUT2D eigenvalue weighted by Gasteiger charge is 2.31. The first-order chi connectivity index (χ1) is 21.7. The number of aliphatic hydroxyl groups excluding tert-OH is 1. The van der Waals surface area contributed by atoms with Crippen molar-refractivity contribution in [1.29, 1.82) is 0 Å². The highest BCUT2D eigenvalue weighted by molar-refractivity contribution is 7.92. The Kier molecular flexibility index (Phi) is 11.5. The van der Waals surface area contributed by atoms with Gasteiger partial charge in [-0.2, -0.15) is 0 Å². The molecule has 10 nitrogen and oxygen atoms in total. The molecule has 0 saturated carbocycles. The number of hydrogen-bond acceptors (Lipinski definition) is 7. The van der Waals surface area contributed by atoms with Crippen molar-refractivity contribution in [2.24, 2.45) is 0 Å². The summed E-state index contributed by atoms with van der Waals surface area (Å²) in [4.78, 5) is 28.6. The summed E-state index contributed by atoms with van der Waals surface area (Å²) in [7, 11) is -2.41. The van der Waals surface area contributed by atoms with E-state index < -0.39 is 40.3 Å². The number of ether oxygens (including phenoxy) is 2. The molecule has 4 rings (SSSR count). The molecule has 236 valence electrons. The number of methoxy groups -OCH3 is 1. The molecule has 0 fully saturated rings. The molecule has 1 atom stereocenters. The fraction of sp³-hybridized carbons (Fsp3) is 0.212. The molecular weight excluding hydrogens is 601 g/mol. The third-order valence-corrected chi connectivity index (χ3v) is 8.13. The maximum absolute atomic E-state index is 13.8. The van der Waals surface area contributed by atoms with Crippen LogP contribution in [0.2, 0.25) is 0 Å². The van der Waals surface area contributed by atoms with Crippen molar-refractivity contribution >= 4 is 27.5 Å². The number of anilines is 1. The van der Waals surface area contributed by atoms with Crippen molar-refractivity contribution in [2.45, 2.75) is 23.9 Å². The van der Waals surface area contributed by atoms with Gasteiger partial charge in [0.1, 0.15) is 23.4 Å². The molecule has 0 heterocycles. The highest BCUT2D eigenvalue weighted by atomic mass is 32.2. The number of rotatable bonds is 15. The van der Waals surface area contributed by atoms with Gasteiger partial charge in [0.15, 0.2) is 6.61 Å². The molecule has 0 radical (unpaired) electrons. The number of sulfonamides is 1. The van der Waals surface area contributed by atoms with E-state index in [1.54, 1.807) is 55.6 Å². The molecule has 0 aliphatic carbocycles. The Hall–Kier alpha value is -4.94. The number of halogens is 1. The predicted molar refractivity (Wildman–Crippen MR) is 167 cm³/mol. The van der Waals surface area contributed by atoms with Crippen molar-refractivity contribution in [2.75, 3.05) is 31.6 Å². The lowest BCUT2D eigenvalue weighted by atomic mass is 10.0. The van der Waals surface area contributed by atoms with E-state index >= 15 is 0 Å². The second-order valence-corrected chi connectivity index (χ2v) is 11.6. The van der Waals surface area contributed by atoms with E-state index in [2.05, 4.69) is 10.0 Å². The van der Waals surface area contributed by atoms with Crippen LogP contribution in [0.3, 0.4) is 0 Å². The van der Waals surface area contributed by atoms with Crippen LogP contribution in [0.15, 0.2) is 108 Å². The average Bonchev–Trinajstić information content (AvgIpc) is 3.05. The van der Waals surface area contributed by atoms with Crippen molar-refractivity contribution in [3.8, 4) is 11.5 Å². The number of benzene rings is 4. The van der Waals surface area contributed by atoms with E-state index in [0.29, 0.717) is 17.7 Å². The minimum absolute atomic E-state index is 0.0599. The van der Waals surface area contributed by atoms with E-state index in [-0.39, 0.29) is 36.0 Å². The van der Waals surface area contributed by atoms with Gasteiger partial charge in [-0.3, -0.25) is 14.3 Å². The molecular formula is C33H34FN3O7S. The zero-order valence-corrected chi connectivity index (χ0v) is 25.4. The Balaban J connectivity index is 1.54. The second-order valence-electron chi connectivity index (χ2n) is 9.92. The lowest BCUT2D eigenvalue weighted by molar-refractivity contribution is -0.143. The van der Waals surface area contributed by atoms with Crippen molar-refractivity contribution in [3.05, 3.63) is 120 Å². The molecule has 0 aliphatic rings. The lowest BCUT2D eigenvalue weighted by Crippen LogP contribution is -2.45. The van der Waals surface area contributed by atoms with Gasteiger partial charge in [-0.1, -0.05) is 42.5 Å². The molecule has 0 spiro atoms. The van der Waals surface area contributed by atoms with Crippen molar-refractivity contribution in [3.63, 3.8) is 0 Å². The first-order valence-corrected chi connectivity index (χ1v) is 15.6. The molecule has 0 aromatic heterocycles. The van der Waals surface area contributed by atoms with E-state index in [0.717, 1.165) is 17.7 Å². The molecule has 12 heteroatoms. The average molecular weight is 636 g/mol. The molecule has 4 aromatic carbocycles. The van der Waals surface area contributed by atoms with Gasteiger partial charge in [0.05, 0.1) is 12.0 Å². The van der Waals surface area contributed by atoms with Crippen LogP contribution in [0.5, 0.6) is 11.5 Å². The molecule has 1 unspecified atom stereocenters. The van der Waals surface area contributed by atoms with E-state index in [9.17, 15) is 27.5 Å². The van der Waals surface area contributed by atoms with Crippen LogP contribution >= 0.6 is 0 Å². The molecule has 4 aromatic rings. The Morgan fingerprint density at radius 3 is 2.16 bits per heavy atom. The Bertz CT molecular complexity index is 1650. The lowest BCUT2D eigenvalue weighted by Gasteiger charge is -2.31. The van der Waals surface area contributed by atoms with E-state index in [1.807, 2.05) is 6.07 Å². The maximum Gasteiger partial charge on any atom is 0.261 e. The van der Waals surface area contributed by atoms with E-state index in [4.69, 9.17) is 9.47 Å². The Labute approximate surface area is 261 Å². The summed E-state index contributed by atoms with van der Waals surface area (Å²) in [6.07, 6.45) is 0.355. The normalized spacial score (nSPS) is 11.7. The zero-order valence-electron chi connectivity index (χ0n) is 24.6. The molecule has 3 N–H and O–H groups in total. The molecule has 2 amide bonds. The summed E-state index contributed by atoms with van der Waals surface area (Å²) in [6, 6.07) is 25.3. The van der Waals surface area contributed by atoms with E-state index in [1.165, 1.54) is 41.3 Å². The summed E-state index contributed by atoms with van der Waals surface area (Å²) < 4.78 is 52.1. The first kappa shape index (κ1) is 33.0. The third kappa shape index (κ3) is 9.27. The number of carbonyl (C=O) groups is 2. The minimum atomic E-state index is -3.96. The standard InChI is InChI=1S/C33H34FN3O7S/c1-43-28-14-8-24(9-15-28)22-37(32(25-6-3-2-4-7-25)33(40)35-20-5-21-38)31(39)23-44-29-16-18-30(19-17-29)45(41,42)36-27-12-10-26(34)11-13-27/h2-4,6-19,32,36,38H,5,20-23H2,1H3,(H,35,40). The Morgan fingerprint density at radius 2 is 1.53 bits per heavy atom. The van der Waals surface area contributed by atoms with Gasteiger partial charge in [-0.15, -0.1) is 0 Å². The van der Waals surface area contributed by atoms with Crippen molar-refractivity contribution in [1.82, 2.24) is 10.2 Å². The van der Waals surface area contributed by atoms with Crippen LogP contribution in [0.25, 0.3) is 0 Å². The summed E-state index contributed by atoms with van der Waals surface area (Å²) in [5.74, 6) is -0.530. The van der Waals surface area contributed by atoms with Gasteiger partial charge in [-0.25, -0.2) is 12.8 Å². The van der Waals surface area contributed by atoms with Gasteiger partial charge in [0.25, 0.3) is 15.9 Å². The quantitative estimate of drug-likeness (QED) is 0.166. The molecule has 45 heavy (non-hydrogen) atoms. The van der Waals surface area contributed by atoms with Crippen LogP contribution in [-0.4, -0.2) is 57.1 Å². The third-order valence-electron chi connectivity index (χ3n) is 6.73. The largest absolute Gasteiger partial charge is 0.497 e. The predicted octanol–water partition coefficient (Wildman–Crippen LogP) is 4.28. The maximum atomic E-state index is 13.8. The minimum Gasteiger partial charge on any atom is -0.497 e. The molecule has 0 bridgehead atoms.